The van der Waals surface area contributed by atoms with E-state index in [2.05, 4.69) is 5.32 Å². The summed E-state index contributed by atoms with van der Waals surface area (Å²) in [5.74, 6) is -0.386. The third-order valence-corrected chi connectivity index (χ3v) is 3.24. The number of amides is 1. The smallest absolute Gasteiger partial charge is 0.267 e. The first-order chi connectivity index (χ1) is 9.69. The van der Waals surface area contributed by atoms with Crippen LogP contribution in [-0.4, -0.2) is 23.9 Å². The maximum atomic E-state index is 12.0. The number of hydrogen-bond acceptors (Lipinski definition) is 4. The summed E-state index contributed by atoms with van der Waals surface area (Å²) in [4.78, 5) is 14.1. The molecule has 0 spiro atoms. The Morgan fingerprint density at radius 2 is 1.90 bits per heavy atom. The first kappa shape index (κ1) is 13.9. The van der Waals surface area contributed by atoms with Crippen molar-refractivity contribution in [3.05, 3.63) is 36.0 Å². The summed E-state index contributed by atoms with van der Waals surface area (Å²) in [6, 6.07) is 8.80. The predicted molar refractivity (Wildman–Crippen MR) is 78.6 cm³/mol. The quantitative estimate of drug-likeness (QED) is 0.500. The fraction of sp³-hybridized carbons (Fsp3) is 0.333. The molecule has 1 amide bonds. The number of carbonyl (C=O) groups is 1. The van der Waals surface area contributed by atoms with E-state index < -0.39 is 0 Å². The number of anilines is 2. The van der Waals surface area contributed by atoms with Crippen molar-refractivity contribution >= 4 is 17.3 Å². The van der Waals surface area contributed by atoms with Gasteiger partial charge in [0.25, 0.3) is 5.91 Å². The molecule has 104 valence electrons. The molecule has 1 heterocycles. The molecule has 0 radical (unpaired) electrons. The number of nitrogens with one attached hydrogen (secondary N) is 1. The molecule has 0 saturated carbocycles. The number of rotatable bonds is 3. The summed E-state index contributed by atoms with van der Waals surface area (Å²) in [7, 11) is 0. The zero-order chi connectivity index (χ0) is 14.4. The third kappa shape index (κ3) is 3.75. The van der Waals surface area contributed by atoms with Gasteiger partial charge >= 0.3 is 0 Å². The molecule has 20 heavy (non-hydrogen) atoms. The minimum absolute atomic E-state index is 0.128. The van der Waals surface area contributed by atoms with Crippen molar-refractivity contribution in [3.8, 4) is 6.07 Å². The van der Waals surface area contributed by atoms with Crippen LogP contribution in [0.15, 0.2) is 36.0 Å². The van der Waals surface area contributed by atoms with Gasteiger partial charge in [0.1, 0.15) is 11.6 Å². The molecule has 0 aliphatic carbocycles. The second-order valence-electron chi connectivity index (χ2n) is 4.83. The van der Waals surface area contributed by atoms with Gasteiger partial charge in [0.2, 0.25) is 0 Å². The third-order valence-electron chi connectivity index (χ3n) is 3.24. The number of carbonyl (C=O) groups excluding carboxylic acids is 1. The van der Waals surface area contributed by atoms with Gasteiger partial charge in [-0.15, -0.1) is 0 Å². The highest BCUT2D eigenvalue weighted by atomic mass is 16.1. The van der Waals surface area contributed by atoms with E-state index in [0.717, 1.165) is 25.9 Å². The normalized spacial score (nSPS) is 15.6. The molecule has 2 rings (SSSR count). The van der Waals surface area contributed by atoms with Gasteiger partial charge in [0, 0.05) is 30.7 Å². The van der Waals surface area contributed by atoms with Gasteiger partial charge in [-0.3, -0.25) is 4.79 Å². The minimum atomic E-state index is -0.386. The van der Waals surface area contributed by atoms with Crippen LogP contribution in [0.1, 0.15) is 19.3 Å². The summed E-state index contributed by atoms with van der Waals surface area (Å²) < 4.78 is 0. The summed E-state index contributed by atoms with van der Waals surface area (Å²) in [5, 5.41) is 11.8. The van der Waals surface area contributed by atoms with Crippen LogP contribution < -0.4 is 11.1 Å². The van der Waals surface area contributed by atoms with Crippen molar-refractivity contribution in [3.63, 3.8) is 0 Å². The Bertz CT molecular complexity index is 536. The fourth-order valence-corrected chi connectivity index (χ4v) is 2.13. The summed E-state index contributed by atoms with van der Waals surface area (Å²) in [6.07, 6.45) is 5.08. The van der Waals surface area contributed by atoms with Crippen molar-refractivity contribution in [2.45, 2.75) is 19.3 Å². The number of nitrogens with zero attached hydrogens (tertiary/aromatic N) is 2. The molecule has 5 heteroatoms. The van der Waals surface area contributed by atoms with Gasteiger partial charge in [0.05, 0.1) is 0 Å². The standard InChI is InChI=1S/C15H18N4O/c16-10-12(11-19-8-2-1-3-9-19)15(20)18-14-6-4-13(17)5-7-14/h4-7,11H,1-3,8-9,17H2,(H,18,20)/b12-11-. The predicted octanol–water partition coefficient (Wildman–Crippen LogP) is 2.10. The van der Waals surface area contributed by atoms with E-state index in [-0.39, 0.29) is 11.5 Å². The molecule has 1 aromatic rings. The fourth-order valence-electron chi connectivity index (χ4n) is 2.13. The van der Waals surface area contributed by atoms with Gasteiger partial charge < -0.3 is 16.0 Å². The van der Waals surface area contributed by atoms with E-state index in [1.807, 2.05) is 11.0 Å². The molecule has 1 saturated heterocycles. The van der Waals surface area contributed by atoms with Gasteiger partial charge in [0.15, 0.2) is 0 Å². The van der Waals surface area contributed by atoms with Crippen LogP contribution in [-0.2, 0) is 4.79 Å². The van der Waals surface area contributed by atoms with Crippen LogP contribution in [0.4, 0.5) is 11.4 Å². The SMILES string of the molecule is N#C/C(=C/N1CCCCC1)C(=O)Nc1ccc(N)cc1. The molecule has 3 N–H and O–H groups in total. The Morgan fingerprint density at radius 1 is 1.25 bits per heavy atom. The second-order valence-corrected chi connectivity index (χ2v) is 4.83. The summed E-state index contributed by atoms with van der Waals surface area (Å²) >= 11 is 0. The number of nitrogen functional groups attached to an aromatic ring is 1. The monoisotopic (exact) mass is 270 g/mol. The van der Waals surface area contributed by atoms with Crippen LogP contribution in [0.25, 0.3) is 0 Å². The molecule has 0 bridgehead atoms. The summed E-state index contributed by atoms with van der Waals surface area (Å²) in [5.41, 5.74) is 6.97. The second kappa shape index (κ2) is 6.62. The number of nitrogens with two attached hydrogens (primary N) is 1. The van der Waals surface area contributed by atoms with Crippen LogP contribution in [0.3, 0.4) is 0 Å². The lowest BCUT2D eigenvalue weighted by Gasteiger charge is -2.25. The molecule has 1 fully saturated rings. The topological polar surface area (TPSA) is 82.2 Å². The number of benzene rings is 1. The average molecular weight is 270 g/mol. The van der Waals surface area contributed by atoms with Gasteiger partial charge in [-0.2, -0.15) is 5.26 Å². The lowest BCUT2D eigenvalue weighted by atomic mass is 10.1. The van der Waals surface area contributed by atoms with Crippen molar-refractivity contribution in [2.24, 2.45) is 0 Å². The van der Waals surface area contributed by atoms with Crippen molar-refractivity contribution in [1.82, 2.24) is 4.90 Å². The Balaban J connectivity index is 2.03. The Hall–Kier alpha value is -2.48. The molecule has 1 aliphatic heterocycles. The van der Waals surface area contributed by atoms with Crippen LogP contribution in [0.2, 0.25) is 0 Å². The van der Waals surface area contributed by atoms with E-state index in [1.165, 1.54) is 6.42 Å². The van der Waals surface area contributed by atoms with E-state index >= 15 is 0 Å². The zero-order valence-electron chi connectivity index (χ0n) is 11.3. The largest absolute Gasteiger partial charge is 0.399 e. The molecular formula is C15H18N4O. The van der Waals surface area contributed by atoms with E-state index in [1.54, 1.807) is 30.5 Å². The summed E-state index contributed by atoms with van der Waals surface area (Å²) in [6.45, 7) is 1.81. The Labute approximate surface area is 118 Å². The Morgan fingerprint density at radius 3 is 2.50 bits per heavy atom. The van der Waals surface area contributed by atoms with Crippen LogP contribution >= 0.6 is 0 Å². The molecule has 0 aromatic heterocycles. The van der Waals surface area contributed by atoms with E-state index in [4.69, 9.17) is 11.0 Å². The van der Waals surface area contributed by atoms with Crippen molar-refractivity contribution in [1.29, 1.82) is 5.26 Å². The highest BCUT2D eigenvalue weighted by Crippen LogP contribution is 2.13. The van der Waals surface area contributed by atoms with Crippen molar-refractivity contribution in [2.75, 3.05) is 24.1 Å². The molecule has 1 aromatic carbocycles. The van der Waals surface area contributed by atoms with Gasteiger partial charge in [-0.1, -0.05) is 0 Å². The maximum Gasteiger partial charge on any atom is 0.267 e. The van der Waals surface area contributed by atoms with Crippen molar-refractivity contribution < 1.29 is 4.79 Å². The highest BCUT2D eigenvalue weighted by molar-refractivity contribution is 6.06. The van der Waals surface area contributed by atoms with E-state index in [9.17, 15) is 4.79 Å². The van der Waals surface area contributed by atoms with Crippen LogP contribution in [0.5, 0.6) is 0 Å². The first-order valence-electron chi connectivity index (χ1n) is 6.72. The first-order valence-corrected chi connectivity index (χ1v) is 6.72. The molecule has 1 aliphatic rings. The number of piperidine rings is 1. The van der Waals surface area contributed by atoms with Gasteiger partial charge in [-0.05, 0) is 43.5 Å². The molecule has 0 unspecified atom stereocenters. The van der Waals surface area contributed by atoms with E-state index in [0.29, 0.717) is 11.4 Å². The maximum absolute atomic E-state index is 12.0. The molecule has 5 nitrogen and oxygen atoms in total. The average Bonchev–Trinajstić information content (AvgIpc) is 2.48. The zero-order valence-corrected chi connectivity index (χ0v) is 11.3. The molecular weight excluding hydrogens is 252 g/mol. The number of nitriles is 1. The van der Waals surface area contributed by atoms with Crippen LogP contribution in [0, 0.1) is 11.3 Å². The lowest BCUT2D eigenvalue weighted by Crippen LogP contribution is -2.26. The lowest BCUT2D eigenvalue weighted by molar-refractivity contribution is -0.112. The highest BCUT2D eigenvalue weighted by Gasteiger charge is 2.13. The molecule has 0 atom stereocenters. The Kier molecular flexibility index (Phi) is 4.61. The number of likely N-dealkylation sites (tertiary alicyclic amines) is 1. The number of hydrogen-bond donors (Lipinski definition) is 2. The van der Waals surface area contributed by atoms with Gasteiger partial charge in [-0.25, -0.2) is 0 Å². The minimum Gasteiger partial charge on any atom is -0.399 e.